The quantitative estimate of drug-likeness (QED) is 0.409. The van der Waals surface area contributed by atoms with Gasteiger partial charge in [-0.05, 0) is 58.7 Å². The summed E-state index contributed by atoms with van der Waals surface area (Å²) in [6.45, 7) is 0. The highest BCUT2D eigenvalue weighted by Gasteiger charge is 2.18. The van der Waals surface area contributed by atoms with Crippen LogP contribution in [0.1, 0.15) is 43.7 Å². The molecule has 0 aliphatic rings. The predicted octanol–water partition coefficient (Wildman–Crippen LogP) is 6.16. The molecule has 2 heteroatoms. The predicted molar refractivity (Wildman–Crippen MR) is 121 cm³/mol. The molecule has 0 aliphatic carbocycles. The number of hydrogen-bond acceptors (Lipinski definition) is 1. The molecule has 4 aromatic rings. The van der Waals surface area contributed by atoms with Gasteiger partial charge in [0.05, 0.1) is 5.56 Å². The van der Waals surface area contributed by atoms with Gasteiger partial charge in [0.15, 0.2) is 0 Å². The van der Waals surface area contributed by atoms with Crippen LogP contribution in [0, 0.1) is 0 Å². The Balaban J connectivity index is 1.84. The summed E-state index contributed by atoms with van der Waals surface area (Å²) in [5.74, 6) is -0.874. The van der Waals surface area contributed by atoms with Crippen molar-refractivity contribution in [1.82, 2.24) is 0 Å². The van der Waals surface area contributed by atoms with Gasteiger partial charge in [0.25, 0.3) is 0 Å². The highest BCUT2D eigenvalue weighted by molar-refractivity contribution is 5.90. The molecule has 148 valence electrons. The molecule has 0 fully saturated rings. The summed E-state index contributed by atoms with van der Waals surface area (Å²) >= 11 is 0. The van der Waals surface area contributed by atoms with Gasteiger partial charge in [-0.15, -0.1) is 0 Å². The summed E-state index contributed by atoms with van der Waals surface area (Å²) in [7, 11) is 0. The molecule has 0 unspecified atom stereocenters. The van der Waals surface area contributed by atoms with E-state index in [0.29, 0.717) is 18.4 Å². The molecule has 30 heavy (non-hydrogen) atoms. The van der Waals surface area contributed by atoms with Gasteiger partial charge in [-0.2, -0.15) is 0 Å². The van der Waals surface area contributed by atoms with E-state index in [0.717, 1.165) is 23.1 Å². The number of carbonyl (C=O) groups is 1. The van der Waals surface area contributed by atoms with E-state index in [1.165, 1.54) is 16.7 Å². The Labute approximate surface area is 177 Å². The van der Waals surface area contributed by atoms with Crippen molar-refractivity contribution in [2.45, 2.75) is 19.3 Å². The maximum absolute atomic E-state index is 12.1. The van der Waals surface area contributed by atoms with Crippen molar-refractivity contribution in [2.75, 3.05) is 0 Å². The van der Waals surface area contributed by atoms with E-state index < -0.39 is 5.97 Å². The van der Waals surface area contributed by atoms with E-state index in [1.807, 2.05) is 60.7 Å². The maximum Gasteiger partial charge on any atom is 0.335 e. The van der Waals surface area contributed by atoms with E-state index in [1.54, 1.807) is 6.07 Å². The van der Waals surface area contributed by atoms with Crippen LogP contribution in [0.25, 0.3) is 0 Å². The summed E-state index contributed by atoms with van der Waals surface area (Å²) in [5.41, 5.74) is 7.12. The lowest BCUT2D eigenvalue weighted by Gasteiger charge is -2.18. The molecule has 0 saturated carbocycles. The van der Waals surface area contributed by atoms with Crippen molar-refractivity contribution in [3.63, 3.8) is 0 Å². The summed E-state index contributed by atoms with van der Waals surface area (Å²) in [6.07, 6.45) is 2.10. The smallest absolute Gasteiger partial charge is 0.335 e. The molecule has 0 radical (unpaired) electrons. The second-order valence-corrected chi connectivity index (χ2v) is 7.52. The molecule has 0 aliphatic heterocycles. The summed E-state index contributed by atoms with van der Waals surface area (Å²) in [4.78, 5) is 12.1. The third-order valence-electron chi connectivity index (χ3n) is 5.44. The molecule has 0 aromatic heterocycles. The highest BCUT2D eigenvalue weighted by Crippen LogP contribution is 2.27. The van der Waals surface area contributed by atoms with Gasteiger partial charge >= 0.3 is 5.97 Å². The minimum Gasteiger partial charge on any atom is -0.478 e. The fourth-order valence-electron chi connectivity index (χ4n) is 3.95. The molecule has 0 bridgehead atoms. The van der Waals surface area contributed by atoms with Gasteiger partial charge < -0.3 is 5.11 Å². The van der Waals surface area contributed by atoms with E-state index in [-0.39, 0.29) is 0 Å². The highest BCUT2D eigenvalue weighted by atomic mass is 16.4. The van der Waals surface area contributed by atoms with Crippen molar-refractivity contribution in [1.29, 1.82) is 0 Å². The van der Waals surface area contributed by atoms with Crippen LogP contribution in [0.15, 0.2) is 103 Å². The van der Waals surface area contributed by atoms with Gasteiger partial charge in [0.1, 0.15) is 0 Å². The summed E-state index contributed by atoms with van der Waals surface area (Å²) < 4.78 is 0. The standard InChI is InChI=1S/C28H24O2/c29-28(30)25-17-16-24(18-21-10-4-1-5-11-21)26(19-22-12-6-2-7-13-22)27(25)20-23-14-8-3-9-15-23/h1-17H,18-20H2,(H,29,30). The molecule has 0 heterocycles. The number of carboxylic acids is 1. The lowest BCUT2D eigenvalue weighted by atomic mass is 9.86. The summed E-state index contributed by atoms with van der Waals surface area (Å²) in [5, 5.41) is 9.91. The van der Waals surface area contributed by atoms with Crippen LogP contribution in [0.5, 0.6) is 0 Å². The number of rotatable bonds is 7. The molecule has 2 nitrogen and oxygen atoms in total. The molecular formula is C28H24O2. The zero-order valence-electron chi connectivity index (χ0n) is 16.8. The lowest BCUT2D eigenvalue weighted by molar-refractivity contribution is 0.0695. The SMILES string of the molecule is O=C(O)c1ccc(Cc2ccccc2)c(Cc2ccccc2)c1Cc1ccccc1. The average Bonchev–Trinajstić information content (AvgIpc) is 2.78. The van der Waals surface area contributed by atoms with Crippen LogP contribution in [0.2, 0.25) is 0 Å². The van der Waals surface area contributed by atoms with Crippen LogP contribution in [0.4, 0.5) is 0 Å². The zero-order chi connectivity index (χ0) is 20.8. The lowest BCUT2D eigenvalue weighted by Crippen LogP contribution is -2.11. The third kappa shape index (κ3) is 4.66. The monoisotopic (exact) mass is 392 g/mol. The van der Waals surface area contributed by atoms with Crippen molar-refractivity contribution in [3.8, 4) is 0 Å². The normalized spacial score (nSPS) is 10.7. The third-order valence-corrected chi connectivity index (χ3v) is 5.44. The van der Waals surface area contributed by atoms with Gasteiger partial charge in [-0.1, -0.05) is 97.1 Å². The van der Waals surface area contributed by atoms with Crippen LogP contribution >= 0.6 is 0 Å². The minimum atomic E-state index is -0.874. The van der Waals surface area contributed by atoms with Crippen LogP contribution in [-0.4, -0.2) is 11.1 Å². The first-order valence-electron chi connectivity index (χ1n) is 10.2. The first-order chi connectivity index (χ1) is 14.7. The Kier molecular flexibility index (Phi) is 6.05. The maximum atomic E-state index is 12.1. The number of carboxylic acid groups (broad SMARTS) is 1. The van der Waals surface area contributed by atoms with Crippen molar-refractivity contribution in [2.24, 2.45) is 0 Å². The Morgan fingerprint density at radius 2 is 0.967 bits per heavy atom. The Bertz CT molecular complexity index is 1120. The molecule has 4 aromatic carbocycles. The second-order valence-electron chi connectivity index (χ2n) is 7.52. The van der Waals surface area contributed by atoms with E-state index >= 15 is 0 Å². The van der Waals surface area contributed by atoms with E-state index in [2.05, 4.69) is 36.4 Å². The molecule has 0 amide bonds. The van der Waals surface area contributed by atoms with Crippen molar-refractivity contribution >= 4 is 5.97 Å². The fourth-order valence-corrected chi connectivity index (χ4v) is 3.95. The van der Waals surface area contributed by atoms with Crippen LogP contribution < -0.4 is 0 Å². The van der Waals surface area contributed by atoms with Gasteiger partial charge in [-0.3, -0.25) is 0 Å². The van der Waals surface area contributed by atoms with E-state index in [9.17, 15) is 9.90 Å². The Morgan fingerprint density at radius 3 is 1.43 bits per heavy atom. The fraction of sp³-hybridized carbons (Fsp3) is 0.107. The van der Waals surface area contributed by atoms with Gasteiger partial charge in [-0.25, -0.2) is 4.79 Å². The number of aromatic carboxylic acids is 1. The number of benzene rings is 4. The Hall–Kier alpha value is -3.65. The minimum absolute atomic E-state index is 0.390. The van der Waals surface area contributed by atoms with Gasteiger partial charge in [0, 0.05) is 0 Å². The Morgan fingerprint density at radius 1 is 0.533 bits per heavy atom. The largest absolute Gasteiger partial charge is 0.478 e. The molecule has 1 N–H and O–H groups in total. The first-order valence-corrected chi connectivity index (χ1v) is 10.2. The van der Waals surface area contributed by atoms with E-state index in [4.69, 9.17) is 0 Å². The molecule has 0 saturated heterocycles. The number of hydrogen-bond donors (Lipinski definition) is 1. The topological polar surface area (TPSA) is 37.3 Å². The van der Waals surface area contributed by atoms with Crippen molar-refractivity contribution < 1.29 is 9.90 Å². The molecule has 0 spiro atoms. The zero-order valence-corrected chi connectivity index (χ0v) is 16.8. The second kappa shape index (κ2) is 9.23. The first kappa shape index (κ1) is 19.7. The molecule has 0 atom stereocenters. The summed E-state index contributed by atoms with van der Waals surface area (Å²) in [6, 6.07) is 34.5. The van der Waals surface area contributed by atoms with Crippen LogP contribution in [0.3, 0.4) is 0 Å². The molecular weight excluding hydrogens is 368 g/mol. The van der Waals surface area contributed by atoms with Gasteiger partial charge in [0.2, 0.25) is 0 Å². The average molecular weight is 392 g/mol. The van der Waals surface area contributed by atoms with Crippen LogP contribution in [-0.2, 0) is 19.3 Å². The molecule has 4 rings (SSSR count). The van der Waals surface area contributed by atoms with Crippen molar-refractivity contribution in [3.05, 3.63) is 142 Å².